The highest BCUT2D eigenvalue weighted by molar-refractivity contribution is 14.1. The Kier molecular flexibility index (Phi) is 5.33. The van der Waals surface area contributed by atoms with Crippen molar-refractivity contribution in [2.24, 2.45) is 0 Å². The monoisotopic (exact) mass is 360 g/mol. The van der Waals surface area contributed by atoms with Crippen LogP contribution in [0, 0.1) is 2.88 Å². The van der Waals surface area contributed by atoms with Crippen molar-refractivity contribution in [3.8, 4) is 0 Å². The molecule has 82 valence electrons. The molecule has 0 aromatic carbocycles. The van der Waals surface area contributed by atoms with Crippen molar-refractivity contribution in [1.82, 2.24) is 0 Å². The molecular weight excluding hydrogens is 356 g/mol. The van der Waals surface area contributed by atoms with Gasteiger partial charge in [0.15, 0.2) is 0 Å². The zero-order valence-corrected chi connectivity index (χ0v) is 10.1. The molecule has 1 heterocycles. The van der Waals surface area contributed by atoms with Crippen LogP contribution >= 0.6 is 33.9 Å². The van der Waals surface area contributed by atoms with Gasteiger partial charge in [0.25, 0.3) is 0 Å². The molecule has 14 heavy (non-hydrogen) atoms. The molecule has 1 aromatic heterocycles. The Labute approximate surface area is 95.8 Å². The van der Waals surface area contributed by atoms with Crippen LogP contribution in [0.25, 0.3) is 0 Å². The lowest BCUT2D eigenvalue weighted by Gasteiger charge is -1.97. The molecule has 0 aliphatic heterocycles. The van der Waals surface area contributed by atoms with Gasteiger partial charge in [-0.15, -0.1) is 11.3 Å². The summed E-state index contributed by atoms with van der Waals surface area (Å²) >= 11 is 4.06. The van der Waals surface area contributed by atoms with E-state index in [-0.39, 0.29) is 0 Å². The van der Waals surface area contributed by atoms with E-state index in [4.69, 9.17) is 13.0 Å². The lowest BCUT2D eigenvalue weighted by Crippen LogP contribution is -2.21. The van der Waals surface area contributed by atoms with E-state index in [0.29, 0.717) is 0 Å². The third-order valence-corrected chi connectivity index (χ3v) is 3.14. The Morgan fingerprint density at radius 1 is 1.43 bits per heavy atom. The Balaban J connectivity index is 0.000000249. The second-order valence-electron chi connectivity index (χ2n) is 1.84. The van der Waals surface area contributed by atoms with Gasteiger partial charge in [0, 0.05) is 0 Å². The maximum atomic E-state index is 10.7. The second kappa shape index (κ2) is 5.28. The molecule has 0 atom stereocenters. The summed E-state index contributed by atoms with van der Waals surface area (Å²) < 4.78 is 58.9. The van der Waals surface area contributed by atoms with Crippen LogP contribution in [0.15, 0.2) is 17.5 Å². The summed E-state index contributed by atoms with van der Waals surface area (Å²) in [6.07, 6.45) is 0. The molecule has 0 radical (unpaired) electrons. The topological polar surface area (TPSA) is 54.4 Å². The van der Waals surface area contributed by atoms with E-state index in [2.05, 4.69) is 34.0 Å². The summed E-state index contributed by atoms with van der Waals surface area (Å²) in [6, 6.07) is 4.14. The first-order chi connectivity index (χ1) is 6.14. The van der Waals surface area contributed by atoms with Gasteiger partial charge in [0.1, 0.15) is 0 Å². The quantitative estimate of drug-likeness (QED) is 0.440. The van der Waals surface area contributed by atoms with Crippen LogP contribution < -0.4 is 0 Å². The smallest absolute Gasteiger partial charge is 0.279 e. The van der Waals surface area contributed by atoms with Gasteiger partial charge in [-0.2, -0.15) is 21.6 Å². The molecule has 1 N–H and O–H groups in total. The van der Waals surface area contributed by atoms with Gasteiger partial charge in [-0.3, -0.25) is 4.55 Å². The molecular formula is C5H4F3IO3S2. The average molecular weight is 360 g/mol. The summed E-state index contributed by atoms with van der Waals surface area (Å²) in [6.45, 7) is 0. The molecule has 0 aliphatic rings. The van der Waals surface area contributed by atoms with Crippen LogP contribution in [0.2, 0.25) is 0 Å². The first kappa shape index (κ1) is 14.1. The summed E-state index contributed by atoms with van der Waals surface area (Å²) in [4.78, 5) is 0. The Hall–Kier alpha value is 0.130. The molecule has 0 saturated heterocycles. The maximum Gasteiger partial charge on any atom is 0.522 e. The molecule has 3 nitrogen and oxygen atoms in total. The number of hydrogen-bond donors (Lipinski definition) is 1. The van der Waals surface area contributed by atoms with E-state index in [9.17, 15) is 13.2 Å². The van der Waals surface area contributed by atoms with Gasteiger partial charge in [-0.1, -0.05) is 6.07 Å². The molecule has 0 aliphatic carbocycles. The lowest BCUT2D eigenvalue weighted by atomic mass is 10.7. The van der Waals surface area contributed by atoms with Gasteiger partial charge in [0.05, 0.1) is 2.88 Å². The Morgan fingerprint density at radius 3 is 1.93 bits per heavy atom. The van der Waals surface area contributed by atoms with Gasteiger partial charge < -0.3 is 0 Å². The van der Waals surface area contributed by atoms with E-state index < -0.39 is 15.6 Å². The van der Waals surface area contributed by atoms with E-state index in [1.807, 2.05) is 6.07 Å². The molecule has 9 heteroatoms. The van der Waals surface area contributed by atoms with Crippen molar-refractivity contribution in [1.29, 1.82) is 0 Å². The lowest BCUT2D eigenvalue weighted by molar-refractivity contribution is -0.0510. The number of halogens is 4. The van der Waals surface area contributed by atoms with E-state index in [1.54, 1.807) is 11.3 Å². The van der Waals surface area contributed by atoms with Crippen molar-refractivity contribution in [2.75, 3.05) is 0 Å². The average Bonchev–Trinajstić information content (AvgIpc) is 2.35. The standard InChI is InChI=1S/C4H3IS.CHF3O3S/c5-4-2-1-3-6-4;2-1(3,4)8(5,6)7/h1-3H;(H,5,6,7). The Bertz CT molecular complexity index is 356. The minimum Gasteiger partial charge on any atom is -0.279 e. The number of alkyl halides is 3. The summed E-state index contributed by atoms with van der Waals surface area (Å²) in [5.41, 5.74) is -5.53. The van der Waals surface area contributed by atoms with Crippen LogP contribution in [0.5, 0.6) is 0 Å². The molecule has 0 unspecified atom stereocenters. The van der Waals surface area contributed by atoms with Gasteiger partial charge in [-0.25, -0.2) is 0 Å². The van der Waals surface area contributed by atoms with E-state index >= 15 is 0 Å². The number of hydrogen-bond acceptors (Lipinski definition) is 3. The van der Waals surface area contributed by atoms with Crippen molar-refractivity contribution in [3.05, 3.63) is 20.4 Å². The number of thiophene rings is 1. The van der Waals surface area contributed by atoms with Gasteiger partial charge >= 0.3 is 15.6 Å². The van der Waals surface area contributed by atoms with Crippen LogP contribution in [0.3, 0.4) is 0 Å². The van der Waals surface area contributed by atoms with Gasteiger partial charge in [0.2, 0.25) is 0 Å². The highest BCUT2D eigenvalue weighted by Crippen LogP contribution is 2.20. The van der Waals surface area contributed by atoms with Crippen LogP contribution in [0.1, 0.15) is 0 Å². The van der Waals surface area contributed by atoms with Crippen LogP contribution in [0.4, 0.5) is 13.2 Å². The van der Waals surface area contributed by atoms with Crippen molar-refractivity contribution in [2.45, 2.75) is 5.51 Å². The highest BCUT2D eigenvalue weighted by atomic mass is 127. The first-order valence-corrected chi connectivity index (χ1v) is 6.27. The molecule has 0 saturated carbocycles. The molecule has 0 amide bonds. The fourth-order valence-corrected chi connectivity index (χ4v) is 1.35. The maximum absolute atomic E-state index is 10.7. The predicted octanol–water partition coefficient (Wildman–Crippen LogP) is 2.75. The molecule has 1 aromatic rings. The first-order valence-electron chi connectivity index (χ1n) is 2.87. The minimum absolute atomic E-state index is 1.35. The van der Waals surface area contributed by atoms with Crippen LogP contribution in [-0.4, -0.2) is 18.5 Å². The third kappa shape index (κ3) is 5.78. The normalized spacial score (nSPS) is 11.8. The number of rotatable bonds is 0. The second-order valence-corrected chi connectivity index (χ2v) is 6.09. The highest BCUT2D eigenvalue weighted by Gasteiger charge is 2.44. The van der Waals surface area contributed by atoms with Crippen LogP contribution in [-0.2, 0) is 10.1 Å². The third-order valence-electron chi connectivity index (χ3n) is 0.779. The molecule has 0 spiro atoms. The van der Waals surface area contributed by atoms with Gasteiger partial charge in [-0.05, 0) is 34.0 Å². The summed E-state index contributed by atoms with van der Waals surface area (Å²) in [5.74, 6) is 0. The predicted molar refractivity (Wildman–Crippen MR) is 54.6 cm³/mol. The van der Waals surface area contributed by atoms with Crippen molar-refractivity contribution >= 4 is 44.0 Å². The summed E-state index contributed by atoms with van der Waals surface area (Å²) in [5, 5.41) is 2.07. The largest absolute Gasteiger partial charge is 0.522 e. The van der Waals surface area contributed by atoms with E-state index in [0.717, 1.165) is 0 Å². The molecule has 1 rings (SSSR count). The molecule has 0 fully saturated rings. The van der Waals surface area contributed by atoms with Crippen molar-refractivity contribution in [3.63, 3.8) is 0 Å². The fraction of sp³-hybridized carbons (Fsp3) is 0.200. The van der Waals surface area contributed by atoms with E-state index in [1.165, 1.54) is 2.88 Å². The zero-order valence-electron chi connectivity index (χ0n) is 6.32. The SMILES string of the molecule is Ic1cccs1.O=S(=O)(O)C(F)(F)F. The Morgan fingerprint density at radius 2 is 1.86 bits per heavy atom. The molecule has 0 bridgehead atoms. The van der Waals surface area contributed by atoms with Crippen molar-refractivity contribution < 1.29 is 26.1 Å². The summed E-state index contributed by atoms with van der Waals surface area (Å²) in [7, 11) is -5.84. The fourth-order valence-electron chi connectivity index (χ4n) is 0.259. The minimum atomic E-state index is -5.84. The zero-order chi connectivity index (χ0) is 11.4.